The number of aryl methyl sites for hydroxylation is 1. The molecule has 4 nitrogen and oxygen atoms in total. The van der Waals surface area contributed by atoms with Crippen molar-refractivity contribution in [1.82, 2.24) is 9.97 Å². The van der Waals surface area contributed by atoms with Gasteiger partial charge in [0.15, 0.2) is 0 Å². The van der Waals surface area contributed by atoms with Gasteiger partial charge in [-0.25, -0.2) is 9.78 Å². The van der Waals surface area contributed by atoms with Crippen LogP contribution in [0.3, 0.4) is 0 Å². The second kappa shape index (κ2) is 6.90. The molecule has 0 saturated carbocycles. The molecule has 0 spiro atoms. The van der Waals surface area contributed by atoms with E-state index in [0.717, 1.165) is 38.1 Å². The lowest BCUT2D eigenvalue weighted by Crippen LogP contribution is -2.04. The molecule has 0 aliphatic heterocycles. The monoisotopic (exact) mass is 400 g/mol. The van der Waals surface area contributed by atoms with E-state index in [0.29, 0.717) is 23.4 Å². The van der Waals surface area contributed by atoms with Gasteiger partial charge in [0, 0.05) is 10.4 Å². The van der Waals surface area contributed by atoms with Crippen LogP contribution in [0.25, 0.3) is 33.4 Å². The molecule has 0 aliphatic rings. The maximum Gasteiger partial charge on any atom is 0.347 e. The molecule has 0 bridgehead atoms. The molecule has 2 heterocycles. The Morgan fingerprint density at radius 1 is 1.03 bits per heavy atom. The van der Waals surface area contributed by atoms with E-state index in [4.69, 9.17) is 16.0 Å². The van der Waals surface area contributed by atoms with E-state index in [-0.39, 0.29) is 0 Å². The van der Waals surface area contributed by atoms with Gasteiger partial charge >= 0.3 is 5.63 Å². The SMILES string of the molecule is Cc1ccc2nc(-c3cc4cc(Cc5ccccc5Cl)ccc4oc3=O)[nH]c2c1. The minimum Gasteiger partial charge on any atom is -0.422 e. The second-order valence-electron chi connectivity index (χ2n) is 7.19. The highest BCUT2D eigenvalue weighted by Gasteiger charge is 2.13. The molecule has 0 saturated heterocycles. The van der Waals surface area contributed by atoms with Gasteiger partial charge in [-0.05, 0) is 66.4 Å². The average molecular weight is 401 g/mol. The van der Waals surface area contributed by atoms with E-state index in [1.165, 1.54) is 0 Å². The lowest BCUT2D eigenvalue weighted by molar-refractivity contribution is 0.563. The predicted molar refractivity (Wildman–Crippen MR) is 117 cm³/mol. The third kappa shape index (κ3) is 3.32. The molecule has 5 aromatic rings. The normalized spacial score (nSPS) is 11.4. The predicted octanol–water partition coefficient (Wildman–Crippen LogP) is 5.89. The molecule has 0 atom stereocenters. The standard InChI is InChI=1S/C24H17ClN2O2/c1-14-6-8-20-21(10-14)27-23(26-20)18-13-17-12-15(7-9-22(17)29-24(18)28)11-16-4-2-3-5-19(16)25/h2-10,12-13H,11H2,1H3,(H,26,27). The van der Waals surface area contributed by atoms with Gasteiger partial charge in [-0.1, -0.05) is 41.9 Å². The first-order chi connectivity index (χ1) is 14.1. The summed E-state index contributed by atoms with van der Waals surface area (Å²) in [6.07, 6.45) is 0.702. The summed E-state index contributed by atoms with van der Waals surface area (Å²) in [5.41, 5.74) is 5.54. The zero-order valence-electron chi connectivity index (χ0n) is 15.7. The van der Waals surface area contributed by atoms with Crippen LogP contribution in [-0.4, -0.2) is 9.97 Å². The van der Waals surface area contributed by atoms with E-state index < -0.39 is 5.63 Å². The Balaban J connectivity index is 1.60. The van der Waals surface area contributed by atoms with Crippen molar-refractivity contribution in [2.75, 3.05) is 0 Å². The molecular formula is C24H17ClN2O2. The average Bonchev–Trinajstić information content (AvgIpc) is 3.12. The fourth-order valence-electron chi connectivity index (χ4n) is 3.56. The van der Waals surface area contributed by atoms with Gasteiger partial charge in [-0.15, -0.1) is 0 Å². The summed E-state index contributed by atoms with van der Waals surface area (Å²) in [6, 6.07) is 21.4. The number of rotatable bonds is 3. The number of H-pyrrole nitrogens is 1. The smallest absolute Gasteiger partial charge is 0.347 e. The van der Waals surface area contributed by atoms with Crippen molar-refractivity contribution < 1.29 is 4.42 Å². The van der Waals surface area contributed by atoms with E-state index in [9.17, 15) is 4.79 Å². The summed E-state index contributed by atoms with van der Waals surface area (Å²) in [6.45, 7) is 2.02. The highest BCUT2D eigenvalue weighted by molar-refractivity contribution is 6.31. The molecule has 142 valence electrons. The lowest BCUT2D eigenvalue weighted by Gasteiger charge is -2.06. The quantitative estimate of drug-likeness (QED) is 0.384. The van der Waals surface area contributed by atoms with Gasteiger partial charge in [0.2, 0.25) is 0 Å². The van der Waals surface area contributed by atoms with Gasteiger partial charge in [-0.3, -0.25) is 0 Å². The minimum absolute atomic E-state index is 0.410. The number of aromatic amines is 1. The Morgan fingerprint density at radius 2 is 1.90 bits per heavy atom. The Labute approximate surface area is 171 Å². The second-order valence-corrected chi connectivity index (χ2v) is 7.60. The summed E-state index contributed by atoms with van der Waals surface area (Å²) in [5.74, 6) is 0.512. The Morgan fingerprint density at radius 3 is 2.76 bits per heavy atom. The van der Waals surface area contributed by atoms with Crippen LogP contribution in [0, 0.1) is 6.92 Å². The first-order valence-electron chi connectivity index (χ1n) is 9.34. The molecule has 0 fully saturated rings. The molecule has 5 heteroatoms. The van der Waals surface area contributed by atoms with Crippen molar-refractivity contribution in [2.45, 2.75) is 13.3 Å². The summed E-state index contributed by atoms with van der Waals surface area (Å²) >= 11 is 6.30. The van der Waals surface area contributed by atoms with Gasteiger partial charge < -0.3 is 9.40 Å². The molecule has 0 amide bonds. The largest absolute Gasteiger partial charge is 0.422 e. The Bertz CT molecular complexity index is 1430. The van der Waals surface area contributed by atoms with Crippen LogP contribution in [0.15, 0.2) is 75.9 Å². The van der Waals surface area contributed by atoms with E-state index in [2.05, 4.69) is 9.97 Å². The van der Waals surface area contributed by atoms with Crippen LogP contribution < -0.4 is 5.63 Å². The fourth-order valence-corrected chi connectivity index (χ4v) is 3.76. The van der Waals surface area contributed by atoms with Crippen LogP contribution in [0.1, 0.15) is 16.7 Å². The number of nitrogens with zero attached hydrogens (tertiary/aromatic N) is 1. The van der Waals surface area contributed by atoms with Gasteiger partial charge in [0.25, 0.3) is 0 Å². The first-order valence-corrected chi connectivity index (χ1v) is 9.71. The third-order valence-electron chi connectivity index (χ3n) is 5.04. The third-order valence-corrected chi connectivity index (χ3v) is 5.41. The number of imidazole rings is 1. The van der Waals surface area contributed by atoms with E-state index in [1.807, 2.05) is 73.7 Å². The number of fused-ring (bicyclic) bond motifs is 2. The molecule has 3 aromatic carbocycles. The summed E-state index contributed by atoms with van der Waals surface area (Å²) in [7, 11) is 0. The molecule has 0 aliphatic carbocycles. The van der Waals surface area contributed by atoms with Gasteiger partial charge in [0.1, 0.15) is 17.0 Å². The molecule has 0 radical (unpaired) electrons. The Hall–Kier alpha value is -3.37. The summed E-state index contributed by atoms with van der Waals surface area (Å²) in [5, 5.41) is 1.59. The lowest BCUT2D eigenvalue weighted by atomic mass is 10.0. The van der Waals surface area contributed by atoms with Crippen LogP contribution >= 0.6 is 11.6 Å². The summed E-state index contributed by atoms with van der Waals surface area (Å²) in [4.78, 5) is 20.3. The maximum atomic E-state index is 12.6. The number of aromatic nitrogens is 2. The molecule has 29 heavy (non-hydrogen) atoms. The highest BCUT2D eigenvalue weighted by atomic mass is 35.5. The van der Waals surface area contributed by atoms with Crippen molar-refractivity contribution in [3.05, 3.63) is 98.9 Å². The van der Waals surface area contributed by atoms with Crippen LogP contribution in [0.5, 0.6) is 0 Å². The maximum absolute atomic E-state index is 12.6. The topological polar surface area (TPSA) is 58.9 Å². The number of halogens is 1. The zero-order chi connectivity index (χ0) is 20.0. The minimum atomic E-state index is -0.410. The van der Waals surface area contributed by atoms with Crippen LogP contribution in [-0.2, 0) is 6.42 Å². The van der Waals surface area contributed by atoms with Crippen LogP contribution in [0.4, 0.5) is 0 Å². The molecule has 5 rings (SSSR count). The van der Waals surface area contributed by atoms with E-state index >= 15 is 0 Å². The molecule has 2 aromatic heterocycles. The number of nitrogens with one attached hydrogen (secondary N) is 1. The number of hydrogen-bond donors (Lipinski definition) is 1. The van der Waals surface area contributed by atoms with Crippen molar-refractivity contribution >= 4 is 33.6 Å². The highest BCUT2D eigenvalue weighted by Crippen LogP contribution is 2.25. The zero-order valence-corrected chi connectivity index (χ0v) is 16.5. The summed E-state index contributed by atoms with van der Waals surface area (Å²) < 4.78 is 5.55. The number of benzene rings is 3. The first kappa shape index (κ1) is 17.7. The Kier molecular flexibility index (Phi) is 4.22. The van der Waals surface area contributed by atoms with E-state index in [1.54, 1.807) is 0 Å². The van der Waals surface area contributed by atoms with Gasteiger partial charge in [-0.2, -0.15) is 0 Å². The number of hydrogen-bond acceptors (Lipinski definition) is 3. The molecular weight excluding hydrogens is 384 g/mol. The molecule has 1 N–H and O–H groups in total. The molecule has 0 unspecified atom stereocenters. The fraction of sp³-hybridized carbons (Fsp3) is 0.0833. The van der Waals surface area contributed by atoms with Crippen molar-refractivity contribution in [2.24, 2.45) is 0 Å². The van der Waals surface area contributed by atoms with Crippen molar-refractivity contribution in [3.63, 3.8) is 0 Å². The van der Waals surface area contributed by atoms with Crippen molar-refractivity contribution in [1.29, 1.82) is 0 Å². The van der Waals surface area contributed by atoms with Crippen LogP contribution in [0.2, 0.25) is 5.02 Å². The van der Waals surface area contributed by atoms with Gasteiger partial charge in [0.05, 0.1) is 11.0 Å². The van der Waals surface area contributed by atoms with Crippen molar-refractivity contribution in [3.8, 4) is 11.4 Å².